The molecule has 150 valence electrons. The van der Waals surface area contributed by atoms with E-state index in [0.29, 0.717) is 12.0 Å². The van der Waals surface area contributed by atoms with Crippen molar-refractivity contribution in [1.29, 1.82) is 0 Å². The van der Waals surface area contributed by atoms with Crippen molar-refractivity contribution in [1.82, 2.24) is 0 Å². The first-order chi connectivity index (χ1) is 13.0. The second-order valence-corrected chi connectivity index (χ2v) is 9.09. The van der Waals surface area contributed by atoms with Gasteiger partial charge in [-0.3, -0.25) is 9.59 Å². The Kier molecular flexibility index (Phi) is 4.03. The van der Waals surface area contributed by atoms with Gasteiger partial charge in [0.25, 0.3) is 0 Å². The first-order valence-electron chi connectivity index (χ1n) is 9.56. The van der Waals surface area contributed by atoms with Gasteiger partial charge in [-0.1, -0.05) is 26.5 Å². The van der Waals surface area contributed by atoms with E-state index < -0.39 is 52.6 Å². The Morgan fingerprint density at radius 1 is 1.39 bits per heavy atom. The summed E-state index contributed by atoms with van der Waals surface area (Å²) in [5.74, 6) is -2.73. The van der Waals surface area contributed by atoms with E-state index in [4.69, 9.17) is 0 Å². The third kappa shape index (κ3) is 2.11. The van der Waals surface area contributed by atoms with Crippen molar-refractivity contribution in [2.75, 3.05) is 6.61 Å². The van der Waals surface area contributed by atoms with Gasteiger partial charge in [0, 0.05) is 22.3 Å². The number of aliphatic hydroxyl groups is 3. The van der Waals surface area contributed by atoms with Crippen molar-refractivity contribution in [2.24, 2.45) is 28.6 Å². The van der Waals surface area contributed by atoms with Crippen molar-refractivity contribution >= 4 is 11.6 Å². The third-order valence-electron chi connectivity index (χ3n) is 7.85. The highest BCUT2D eigenvalue weighted by Gasteiger charge is 2.69. The molecule has 0 radical (unpaired) electrons. The fourth-order valence-corrected chi connectivity index (χ4v) is 6.45. The molecule has 7 atom stereocenters. The number of rotatable bonds is 2. The predicted octanol–water partition coefficient (Wildman–Crippen LogP) is 1.80. The molecule has 5 nitrogen and oxygen atoms in total. The van der Waals surface area contributed by atoms with Crippen LogP contribution >= 0.6 is 0 Å². The molecule has 6 heteroatoms. The zero-order valence-electron chi connectivity index (χ0n) is 16.0. The second-order valence-electron chi connectivity index (χ2n) is 9.09. The number of allylic oxidation sites excluding steroid dienone is 6. The minimum absolute atomic E-state index is 0.111. The summed E-state index contributed by atoms with van der Waals surface area (Å²) in [6, 6.07) is 0. The number of hydrogen-bond acceptors (Lipinski definition) is 5. The molecule has 4 rings (SSSR count). The Hall–Kier alpha value is -1.89. The van der Waals surface area contributed by atoms with E-state index in [1.165, 1.54) is 18.2 Å². The number of ketones is 2. The average Bonchev–Trinajstić information content (AvgIpc) is 2.83. The fraction of sp³-hybridized carbons (Fsp3) is 0.545. The molecule has 2 saturated carbocycles. The van der Waals surface area contributed by atoms with Gasteiger partial charge >= 0.3 is 0 Å². The summed E-state index contributed by atoms with van der Waals surface area (Å²) in [5, 5.41) is 31.8. The monoisotopic (exact) mass is 388 g/mol. The first-order valence-corrected chi connectivity index (χ1v) is 9.56. The van der Waals surface area contributed by atoms with Crippen LogP contribution in [-0.4, -0.2) is 45.2 Å². The maximum atomic E-state index is 15.1. The van der Waals surface area contributed by atoms with Crippen LogP contribution in [0.15, 0.2) is 47.9 Å². The smallest absolute Gasteiger partial charge is 0.194 e. The quantitative estimate of drug-likeness (QED) is 0.627. The van der Waals surface area contributed by atoms with Crippen LogP contribution in [0.5, 0.6) is 0 Å². The number of Topliss-reactive ketones (excluding diaryl/α,β-unsaturated/α-hetero) is 1. The fourth-order valence-electron chi connectivity index (χ4n) is 6.45. The van der Waals surface area contributed by atoms with E-state index in [-0.39, 0.29) is 23.7 Å². The maximum Gasteiger partial charge on any atom is 0.194 e. The highest BCUT2D eigenvalue weighted by atomic mass is 19.1. The van der Waals surface area contributed by atoms with Crippen LogP contribution in [0.2, 0.25) is 0 Å². The molecule has 0 aliphatic heterocycles. The van der Waals surface area contributed by atoms with Gasteiger partial charge in [-0.2, -0.15) is 0 Å². The van der Waals surface area contributed by atoms with Crippen molar-refractivity contribution in [3.05, 3.63) is 47.9 Å². The third-order valence-corrected chi connectivity index (χ3v) is 7.85. The van der Waals surface area contributed by atoms with Crippen molar-refractivity contribution < 1.29 is 29.3 Å². The first kappa shape index (κ1) is 19.4. The van der Waals surface area contributed by atoms with Gasteiger partial charge < -0.3 is 15.3 Å². The largest absolute Gasteiger partial charge is 0.393 e. The molecule has 1 unspecified atom stereocenters. The summed E-state index contributed by atoms with van der Waals surface area (Å²) in [4.78, 5) is 24.3. The van der Waals surface area contributed by atoms with Gasteiger partial charge in [-0.15, -0.1) is 0 Å². The number of hydrogen-bond donors (Lipinski definition) is 3. The van der Waals surface area contributed by atoms with E-state index in [2.05, 4.69) is 6.58 Å². The van der Waals surface area contributed by atoms with Crippen LogP contribution in [0, 0.1) is 28.6 Å². The van der Waals surface area contributed by atoms with Crippen LogP contribution in [0.1, 0.15) is 26.7 Å². The van der Waals surface area contributed by atoms with Crippen LogP contribution in [0.4, 0.5) is 4.39 Å². The standard InChI is InChI=1S/C22H25FO5/c1-11-6-14-13-8-16(23)15-7-12(25)4-5-20(15,2)19(13)17(26)9-21(14,3)22(11,28)18(27)10-24/h4-5,7-8,13-14,17,19,24,26,28H,1,6,9-10H2,2-3H3/t13-,14-,17?,19+,20-,21-,22-/m0/s1. The molecule has 0 saturated heterocycles. The molecule has 28 heavy (non-hydrogen) atoms. The lowest BCUT2D eigenvalue weighted by Gasteiger charge is -2.57. The lowest BCUT2D eigenvalue weighted by molar-refractivity contribution is -0.167. The highest BCUT2D eigenvalue weighted by molar-refractivity contribution is 6.01. The van der Waals surface area contributed by atoms with E-state index in [1.807, 2.05) is 6.92 Å². The number of halogens is 1. The van der Waals surface area contributed by atoms with E-state index in [9.17, 15) is 24.9 Å². The molecular formula is C22H25FO5. The summed E-state index contributed by atoms with van der Waals surface area (Å²) in [6.45, 7) is 6.58. The molecule has 2 fully saturated rings. The SMILES string of the molecule is C=C1C[C@H]2[C@@H]3C=C(F)C4=CC(=O)C=C[C@]4(C)[C@H]3C(O)C[C@]2(C)[C@@]1(O)C(=O)CO. The lowest BCUT2D eigenvalue weighted by atomic mass is 9.47. The Bertz CT molecular complexity index is 885. The number of carbonyl (C=O) groups is 2. The molecule has 0 heterocycles. The van der Waals surface area contributed by atoms with E-state index >= 15 is 4.39 Å². The number of aliphatic hydroxyl groups excluding tert-OH is 2. The minimum atomic E-state index is -1.96. The van der Waals surface area contributed by atoms with E-state index in [1.54, 1.807) is 13.0 Å². The molecule has 4 aliphatic rings. The molecule has 0 aromatic rings. The van der Waals surface area contributed by atoms with Crippen LogP contribution in [0.3, 0.4) is 0 Å². The normalized spacial score (nSPS) is 47.1. The molecule has 0 spiro atoms. The van der Waals surface area contributed by atoms with Gasteiger partial charge in [0.15, 0.2) is 17.2 Å². The molecule has 4 aliphatic carbocycles. The molecule has 0 bridgehead atoms. The van der Waals surface area contributed by atoms with Gasteiger partial charge in [0.05, 0.1) is 6.10 Å². The minimum Gasteiger partial charge on any atom is -0.393 e. The zero-order valence-corrected chi connectivity index (χ0v) is 16.0. The van der Waals surface area contributed by atoms with Crippen molar-refractivity contribution in [2.45, 2.75) is 38.4 Å². The summed E-state index contributed by atoms with van der Waals surface area (Å²) in [5.41, 5.74) is -3.34. The molecule has 0 aromatic heterocycles. The number of carbonyl (C=O) groups excluding carboxylic acids is 2. The van der Waals surface area contributed by atoms with Crippen LogP contribution < -0.4 is 0 Å². The van der Waals surface area contributed by atoms with Crippen molar-refractivity contribution in [3.63, 3.8) is 0 Å². The van der Waals surface area contributed by atoms with Gasteiger partial charge in [-0.05, 0) is 48.5 Å². The van der Waals surface area contributed by atoms with Crippen LogP contribution in [-0.2, 0) is 9.59 Å². The lowest BCUT2D eigenvalue weighted by Crippen LogP contribution is -2.61. The van der Waals surface area contributed by atoms with Gasteiger partial charge in [0.2, 0.25) is 0 Å². The zero-order chi connectivity index (χ0) is 20.6. The van der Waals surface area contributed by atoms with Gasteiger partial charge in [0.1, 0.15) is 12.4 Å². The maximum absolute atomic E-state index is 15.1. The second kappa shape index (κ2) is 5.81. The summed E-state index contributed by atoms with van der Waals surface area (Å²) >= 11 is 0. The van der Waals surface area contributed by atoms with E-state index in [0.717, 1.165) is 0 Å². The Morgan fingerprint density at radius 3 is 2.71 bits per heavy atom. The predicted molar refractivity (Wildman–Crippen MR) is 99.5 cm³/mol. The Labute approximate surface area is 162 Å². The average molecular weight is 388 g/mol. The molecule has 0 aromatic carbocycles. The topological polar surface area (TPSA) is 94.8 Å². The van der Waals surface area contributed by atoms with Crippen LogP contribution in [0.25, 0.3) is 0 Å². The molecule has 0 amide bonds. The van der Waals surface area contributed by atoms with Gasteiger partial charge in [-0.25, -0.2) is 4.39 Å². The van der Waals surface area contributed by atoms with Crippen molar-refractivity contribution in [3.8, 4) is 0 Å². The number of fused-ring (bicyclic) bond motifs is 5. The summed E-state index contributed by atoms with van der Waals surface area (Å²) < 4.78 is 15.1. The summed E-state index contributed by atoms with van der Waals surface area (Å²) in [6.07, 6.45) is 5.24. The molecular weight excluding hydrogens is 363 g/mol. The Morgan fingerprint density at radius 2 is 2.07 bits per heavy atom. The molecule has 3 N–H and O–H groups in total. The summed E-state index contributed by atoms with van der Waals surface area (Å²) in [7, 11) is 0. The highest BCUT2D eigenvalue weighted by Crippen LogP contribution is 2.67. The Balaban J connectivity index is 1.88.